The first kappa shape index (κ1) is 23.2. The van der Waals surface area contributed by atoms with E-state index in [1.54, 1.807) is 6.92 Å². The summed E-state index contributed by atoms with van der Waals surface area (Å²) in [6.45, 7) is 3.28. The highest BCUT2D eigenvalue weighted by atomic mass is 32.2. The summed E-state index contributed by atoms with van der Waals surface area (Å²) in [7, 11) is -3.61. The number of hydrogen-bond acceptors (Lipinski definition) is 8. The van der Waals surface area contributed by atoms with Gasteiger partial charge in [0.25, 0.3) is 0 Å². The monoisotopic (exact) mass is 473 g/mol. The molecule has 1 aliphatic rings. The predicted octanol–water partition coefficient (Wildman–Crippen LogP) is 3.28. The molecule has 1 saturated carbocycles. The number of anilines is 1. The van der Waals surface area contributed by atoms with Crippen LogP contribution >= 0.6 is 11.8 Å². The first-order valence-electron chi connectivity index (χ1n) is 9.49. The zero-order chi connectivity index (χ0) is 22.6. The Morgan fingerprint density at radius 1 is 1.32 bits per heavy atom. The van der Waals surface area contributed by atoms with Gasteiger partial charge < -0.3 is 9.47 Å². The van der Waals surface area contributed by atoms with E-state index in [2.05, 4.69) is 14.7 Å². The largest absolute Gasteiger partial charge is 0.463 e. The van der Waals surface area contributed by atoms with E-state index in [1.807, 2.05) is 0 Å². The second-order valence-corrected chi connectivity index (χ2v) is 9.64. The number of carbonyl (C=O) groups excluding carboxylic acids is 1. The van der Waals surface area contributed by atoms with Crippen LogP contribution in [0.25, 0.3) is 0 Å². The fraction of sp³-hybridized carbons (Fsp3) is 0.421. The Morgan fingerprint density at radius 2 is 2.06 bits per heavy atom. The smallest absolute Gasteiger partial charge is 0.347 e. The van der Waals surface area contributed by atoms with Crippen LogP contribution in [0.5, 0.6) is 5.88 Å². The average Bonchev–Trinajstić information content (AvgIpc) is 3.55. The molecule has 2 aromatic rings. The van der Waals surface area contributed by atoms with Gasteiger partial charge in [-0.05, 0) is 32.8 Å². The summed E-state index contributed by atoms with van der Waals surface area (Å²) in [6, 6.07) is 5.06. The minimum absolute atomic E-state index is 0.00467. The third kappa shape index (κ3) is 6.26. The zero-order valence-electron chi connectivity index (χ0n) is 16.8. The molecular formula is C19H21F2N3O5S2. The van der Waals surface area contributed by atoms with Crippen LogP contribution < -0.4 is 9.46 Å². The fourth-order valence-electron chi connectivity index (χ4n) is 2.48. The van der Waals surface area contributed by atoms with Gasteiger partial charge in [0.2, 0.25) is 15.9 Å². The van der Waals surface area contributed by atoms with Gasteiger partial charge in [-0.25, -0.2) is 27.0 Å². The van der Waals surface area contributed by atoms with E-state index in [9.17, 15) is 22.0 Å². The van der Waals surface area contributed by atoms with E-state index in [0.717, 1.165) is 17.8 Å². The van der Waals surface area contributed by atoms with E-state index >= 15 is 0 Å². The molecule has 31 heavy (non-hydrogen) atoms. The number of thioether (sulfide) groups is 1. The molecule has 0 radical (unpaired) electrons. The summed E-state index contributed by atoms with van der Waals surface area (Å²) in [4.78, 5) is 20.1. The Kier molecular flexibility index (Phi) is 7.31. The number of aromatic nitrogens is 2. The Labute approximate surface area is 182 Å². The third-order valence-corrected chi connectivity index (χ3v) is 6.94. The summed E-state index contributed by atoms with van der Waals surface area (Å²) < 4.78 is 64.7. The second kappa shape index (κ2) is 9.77. The number of sulfonamides is 1. The van der Waals surface area contributed by atoms with E-state index in [4.69, 9.17) is 9.47 Å². The summed E-state index contributed by atoms with van der Waals surface area (Å²) in [5.74, 6) is -2.68. The molecule has 1 unspecified atom stereocenters. The first-order chi connectivity index (χ1) is 14.7. The molecule has 1 aromatic carbocycles. The normalized spacial score (nSPS) is 14.7. The van der Waals surface area contributed by atoms with Crippen molar-refractivity contribution in [3.8, 4) is 5.88 Å². The maximum absolute atomic E-state index is 13.9. The molecule has 0 aliphatic heterocycles. The lowest BCUT2D eigenvalue weighted by atomic mass is 10.2. The van der Waals surface area contributed by atoms with Crippen molar-refractivity contribution < 1.29 is 31.5 Å². The van der Waals surface area contributed by atoms with E-state index in [0.29, 0.717) is 12.8 Å². The molecule has 0 spiro atoms. The van der Waals surface area contributed by atoms with Gasteiger partial charge in [0.1, 0.15) is 5.82 Å². The Morgan fingerprint density at radius 3 is 2.74 bits per heavy atom. The lowest BCUT2D eigenvalue weighted by Gasteiger charge is -2.14. The molecule has 1 N–H and O–H groups in total. The van der Waals surface area contributed by atoms with Crippen LogP contribution in [-0.2, 0) is 25.3 Å². The van der Waals surface area contributed by atoms with Crippen LogP contribution in [0.15, 0.2) is 29.4 Å². The number of esters is 1. The Hall–Kier alpha value is -2.47. The van der Waals surface area contributed by atoms with Gasteiger partial charge in [0, 0.05) is 17.4 Å². The van der Waals surface area contributed by atoms with Crippen molar-refractivity contribution in [1.82, 2.24) is 9.97 Å². The minimum Gasteiger partial charge on any atom is -0.463 e. The van der Waals surface area contributed by atoms with Crippen molar-refractivity contribution in [3.05, 3.63) is 41.5 Å². The molecule has 12 heteroatoms. The van der Waals surface area contributed by atoms with Crippen LogP contribution in [-0.4, -0.2) is 42.3 Å². The van der Waals surface area contributed by atoms with E-state index < -0.39 is 39.0 Å². The second-order valence-electron chi connectivity index (χ2n) is 6.73. The predicted molar refractivity (Wildman–Crippen MR) is 110 cm³/mol. The fourth-order valence-corrected chi connectivity index (χ4v) is 4.62. The maximum atomic E-state index is 13.9. The van der Waals surface area contributed by atoms with Gasteiger partial charge in [-0.3, -0.25) is 4.72 Å². The highest BCUT2D eigenvalue weighted by Crippen LogP contribution is 2.31. The molecule has 1 fully saturated rings. The van der Waals surface area contributed by atoms with Gasteiger partial charge in [0.15, 0.2) is 22.9 Å². The number of nitrogens with one attached hydrogen (secondary N) is 1. The molecular weight excluding hydrogens is 452 g/mol. The van der Waals surface area contributed by atoms with Crippen molar-refractivity contribution in [2.75, 3.05) is 11.3 Å². The number of hydrogen-bond donors (Lipinski definition) is 1. The van der Waals surface area contributed by atoms with Crippen molar-refractivity contribution in [2.45, 2.75) is 49.0 Å². The summed E-state index contributed by atoms with van der Waals surface area (Å²) in [5.41, 5.74) is 0.0972. The van der Waals surface area contributed by atoms with Crippen molar-refractivity contribution >= 4 is 33.6 Å². The molecule has 3 rings (SSSR count). The van der Waals surface area contributed by atoms with Crippen molar-refractivity contribution in [1.29, 1.82) is 0 Å². The Bertz CT molecular complexity index is 1060. The summed E-state index contributed by atoms with van der Waals surface area (Å²) in [6.07, 6.45) is 0.120. The molecule has 8 nitrogen and oxygen atoms in total. The molecule has 0 amide bonds. The van der Waals surface area contributed by atoms with Crippen LogP contribution in [0.2, 0.25) is 0 Å². The van der Waals surface area contributed by atoms with Gasteiger partial charge in [-0.2, -0.15) is 4.98 Å². The highest BCUT2D eigenvalue weighted by molar-refractivity contribution is 7.98. The quantitative estimate of drug-likeness (QED) is 0.318. The van der Waals surface area contributed by atoms with Gasteiger partial charge >= 0.3 is 5.97 Å². The molecule has 0 saturated heterocycles. The maximum Gasteiger partial charge on any atom is 0.347 e. The molecule has 1 atom stereocenters. The molecule has 1 heterocycles. The van der Waals surface area contributed by atoms with E-state index in [-0.39, 0.29) is 34.8 Å². The standard InChI is InChI=1S/C19H21F2N3O5S2/c1-3-28-18(25)11(2)29-16-9-15(24-31(26,27)13-7-8-13)22-19(23-16)30-10-12-5-4-6-14(20)17(12)21/h4-6,9,11,13H,3,7-8,10H2,1-2H3,(H,22,23,24). The number of nitrogens with zero attached hydrogens (tertiary/aromatic N) is 2. The van der Waals surface area contributed by atoms with Gasteiger partial charge in [-0.15, -0.1) is 0 Å². The summed E-state index contributed by atoms with van der Waals surface area (Å²) >= 11 is 0.961. The van der Waals surface area contributed by atoms with Crippen LogP contribution in [0.4, 0.5) is 14.6 Å². The minimum atomic E-state index is -3.61. The number of halogens is 2. The lowest BCUT2D eigenvalue weighted by Crippen LogP contribution is -2.26. The van der Waals surface area contributed by atoms with E-state index in [1.165, 1.54) is 25.1 Å². The molecule has 0 bridgehead atoms. The number of benzene rings is 1. The third-order valence-electron chi connectivity index (χ3n) is 4.20. The lowest BCUT2D eigenvalue weighted by molar-refractivity contribution is -0.150. The van der Waals surface area contributed by atoms with Crippen molar-refractivity contribution in [3.63, 3.8) is 0 Å². The van der Waals surface area contributed by atoms with Gasteiger partial charge in [0.05, 0.1) is 11.9 Å². The SMILES string of the molecule is CCOC(=O)C(C)Oc1cc(NS(=O)(=O)C2CC2)nc(SCc2cccc(F)c2F)n1. The summed E-state index contributed by atoms with van der Waals surface area (Å²) in [5, 5.41) is -0.423. The number of ether oxygens (including phenoxy) is 2. The first-order valence-corrected chi connectivity index (χ1v) is 12.0. The number of carbonyl (C=O) groups is 1. The van der Waals surface area contributed by atoms with Crippen LogP contribution in [0, 0.1) is 11.6 Å². The zero-order valence-corrected chi connectivity index (χ0v) is 18.4. The molecule has 1 aliphatic carbocycles. The average molecular weight is 474 g/mol. The van der Waals surface area contributed by atoms with Crippen LogP contribution in [0.1, 0.15) is 32.3 Å². The number of rotatable bonds is 10. The topological polar surface area (TPSA) is 107 Å². The van der Waals surface area contributed by atoms with Crippen molar-refractivity contribution in [2.24, 2.45) is 0 Å². The van der Waals surface area contributed by atoms with Gasteiger partial charge in [-0.1, -0.05) is 23.9 Å². The van der Waals surface area contributed by atoms with Crippen LogP contribution in [0.3, 0.4) is 0 Å². The molecule has 168 valence electrons. The molecule has 1 aromatic heterocycles. The Balaban J connectivity index is 1.83. The highest BCUT2D eigenvalue weighted by Gasteiger charge is 2.36.